The van der Waals surface area contributed by atoms with Gasteiger partial charge in [-0.05, 0) is 103 Å². The number of allylic oxidation sites excluding steroid dienone is 10. The summed E-state index contributed by atoms with van der Waals surface area (Å²) in [6.07, 6.45) is 73.6. The minimum absolute atomic E-state index is 0.0819. The highest BCUT2D eigenvalue weighted by Crippen LogP contribution is 2.16. The van der Waals surface area contributed by atoms with Gasteiger partial charge in [0.25, 0.3) is 0 Å². The summed E-state index contributed by atoms with van der Waals surface area (Å²) in [6, 6.07) is 0. The predicted molar refractivity (Wildman–Crippen MR) is 302 cm³/mol. The van der Waals surface area contributed by atoms with Crippen LogP contribution in [0.1, 0.15) is 310 Å². The Morgan fingerprint density at radius 1 is 0.286 bits per heavy atom. The van der Waals surface area contributed by atoms with Gasteiger partial charge in [-0.25, -0.2) is 0 Å². The van der Waals surface area contributed by atoms with Crippen LogP contribution in [0.25, 0.3) is 0 Å². The molecule has 0 aliphatic carbocycles. The predicted octanol–water partition coefficient (Wildman–Crippen LogP) is 20.4. The molecule has 0 aromatic rings. The van der Waals surface area contributed by atoms with Gasteiger partial charge in [0.15, 0.2) is 6.10 Å². The van der Waals surface area contributed by atoms with E-state index in [1.807, 2.05) is 0 Å². The molecule has 6 nitrogen and oxygen atoms in total. The highest BCUT2D eigenvalue weighted by molar-refractivity contribution is 5.71. The van der Waals surface area contributed by atoms with Crippen LogP contribution < -0.4 is 0 Å². The van der Waals surface area contributed by atoms with Gasteiger partial charge in [-0.1, -0.05) is 248 Å². The van der Waals surface area contributed by atoms with E-state index < -0.39 is 6.10 Å². The molecule has 0 aromatic carbocycles. The minimum Gasteiger partial charge on any atom is -0.462 e. The first-order valence-electron chi connectivity index (χ1n) is 30.3. The van der Waals surface area contributed by atoms with Crippen molar-refractivity contribution in [3.63, 3.8) is 0 Å². The molecule has 0 spiro atoms. The van der Waals surface area contributed by atoms with Crippen LogP contribution in [0.5, 0.6) is 0 Å². The van der Waals surface area contributed by atoms with Crippen LogP contribution in [0.15, 0.2) is 60.8 Å². The van der Waals surface area contributed by atoms with E-state index in [0.717, 1.165) is 103 Å². The van der Waals surface area contributed by atoms with Crippen molar-refractivity contribution in [3.8, 4) is 0 Å². The number of unbranched alkanes of at least 4 members (excludes halogenated alkanes) is 34. The molecular weight excluding hydrogens is 865 g/mol. The van der Waals surface area contributed by atoms with E-state index in [1.165, 1.54) is 167 Å². The van der Waals surface area contributed by atoms with Crippen molar-refractivity contribution in [2.75, 3.05) is 13.2 Å². The molecule has 70 heavy (non-hydrogen) atoms. The Hall–Kier alpha value is -2.89. The number of rotatable bonds is 55. The first-order chi connectivity index (χ1) is 34.5. The molecule has 0 aliphatic heterocycles. The van der Waals surface area contributed by atoms with Crippen LogP contribution in [-0.4, -0.2) is 37.2 Å². The lowest BCUT2D eigenvalue weighted by Gasteiger charge is -2.18. The van der Waals surface area contributed by atoms with E-state index >= 15 is 0 Å². The molecule has 1 atom stereocenters. The monoisotopic (exact) mass is 979 g/mol. The van der Waals surface area contributed by atoms with Crippen molar-refractivity contribution in [2.24, 2.45) is 0 Å². The van der Waals surface area contributed by atoms with Crippen LogP contribution in [0.4, 0.5) is 0 Å². The third kappa shape index (κ3) is 56.0. The summed E-state index contributed by atoms with van der Waals surface area (Å²) in [5.41, 5.74) is 0. The van der Waals surface area contributed by atoms with Gasteiger partial charge in [0, 0.05) is 19.3 Å². The second-order valence-electron chi connectivity index (χ2n) is 20.2. The van der Waals surface area contributed by atoms with Gasteiger partial charge in [0.05, 0.1) is 0 Å². The lowest BCUT2D eigenvalue weighted by molar-refractivity contribution is -0.167. The van der Waals surface area contributed by atoms with E-state index in [2.05, 4.69) is 81.5 Å². The Labute approximate surface area is 434 Å². The summed E-state index contributed by atoms with van der Waals surface area (Å²) in [7, 11) is 0. The Kier molecular flexibility index (Phi) is 56.3. The quantitative estimate of drug-likeness (QED) is 0.0261. The lowest BCUT2D eigenvalue weighted by Crippen LogP contribution is -2.30. The summed E-state index contributed by atoms with van der Waals surface area (Å²) < 4.78 is 16.9. The van der Waals surface area contributed by atoms with E-state index in [9.17, 15) is 14.4 Å². The van der Waals surface area contributed by atoms with Crippen LogP contribution >= 0.6 is 0 Å². The van der Waals surface area contributed by atoms with Gasteiger partial charge in [-0.2, -0.15) is 0 Å². The van der Waals surface area contributed by atoms with E-state index in [0.29, 0.717) is 19.3 Å². The maximum atomic E-state index is 12.9. The second kappa shape index (κ2) is 58.7. The molecule has 0 aliphatic rings. The SMILES string of the molecule is CCC/C=C\C/C=C\CCCCCCCC(=O)OCC(COC(=O)CCCCCCCCCCCCC/C=C\C/C=C\CCCCCCC)OC(=O)CCCCCCC/C=C\CCCCCCCCC. The fourth-order valence-corrected chi connectivity index (χ4v) is 8.62. The second-order valence-corrected chi connectivity index (χ2v) is 20.2. The Bertz CT molecular complexity index is 1260. The normalized spacial score (nSPS) is 12.4. The molecule has 0 heterocycles. The fourth-order valence-electron chi connectivity index (χ4n) is 8.62. The van der Waals surface area contributed by atoms with Crippen molar-refractivity contribution in [3.05, 3.63) is 60.8 Å². The van der Waals surface area contributed by atoms with Gasteiger partial charge in [0.2, 0.25) is 0 Å². The zero-order valence-electron chi connectivity index (χ0n) is 46.5. The molecule has 0 bridgehead atoms. The summed E-state index contributed by atoms with van der Waals surface area (Å²) in [4.78, 5) is 38.2. The van der Waals surface area contributed by atoms with Crippen molar-refractivity contribution in [2.45, 2.75) is 316 Å². The standard InChI is InChI=1S/C64H114O6/c1-4-7-10-13-16-19-22-25-27-29-30-31-32-33-34-35-37-39-42-45-48-51-54-57-63(66)69-60-61(59-68-62(65)56-53-50-47-44-41-38-24-21-18-15-12-9-6-3)70-64(67)58-55-52-49-46-43-40-36-28-26-23-20-17-14-11-8-5-2/h12,15,21-22,24-25,28-30,36,61H,4-11,13-14,16-20,23,26-27,31-35,37-60H2,1-3H3/b15-12-,24-21-,25-22-,30-29-,36-28-. The number of carbonyl (C=O) groups excluding carboxylic acids is 3. The number of hydrogen-bond donors (Lipinski definition) is 0. The molecular formula is C64H114O6. The zero-order valence-corrected chi connectivity index (χ0v) is 46.5. The number of esters is 3. The summed E-state index contributed by atoms with van der Waals surface area (Å²) in [5.74, 6) is -0.895. The minimum atomic E-state index is -0.785. The molecule has 0 amide bonds. The van der Waals surface area contributed by atoms with E-state index in [4.69, 9.17) is 14.2 Å². The average molecular weight is 980 g/mol. The highest BCUT2D eigenvalue weighted by atomic mass is 16.6. The third-order valence-electron chi connectivity index (χ3n) is 13.2. The highest BCUT2D eigenvalue weighted by Gasteiger charge is 2.19. The van der Waals surface area contributed by atoms with Crippen molar-refractivity contribution < 1.29 is 28.6 Å². The van der Waals surface area contributed by atoms with Gasteiger partial charge in [0.1, 0.15) is 13.2 Å². The maximum Gasteiger partial charge on any atom is 0.306 e. The maximum absolute atomic E-state index is 12.9. The molecule has 0 saturated carbocycles. The van der Waals surface area contributed by atoms with Crippen LogP contribution in [0.2, 0.25) is 0 Å². The number of hydrogen-bond acceptors (Lipinski definition) is 6. The third-order valence-corrected chi connectivity index (χ3v) is 13.2. The molecule has 0 rings (SSSR count). The summed E-state index contributed by atoms with van der Waals surface area (Å²) in [5, 5.41) is 0. The molecule has 0 saturated heterocycles. The molecule has 406 valence electrons. The zero-order chi connectivity index (χ0) is 50.7. The topological polar surface area (TPSA) is 78.9 Å². The summed E-state index contributed by atoms with van der Waals surface area (Å²) >= 11 is 0. The molecule has 0 fully saturated rings. The van der Waals surface area contributed by atoms with Gasteiger partial charge in [-0.3, -0.25) is 14.4 Å². The van der Waals surface area contributed by atoms with Crippen molar-refractivity contribution in [1.29, 1.82) is 0 Å². The Morgan fingerprint density at radius 3 is 0.857 bits per heavy atom. The number of carbonyl (C=O) groups is 3. The van der Waals surface area contributed by atoms with E-state index in [-0.39, 0.29) is 31.1 Å². The average Bonchev–Trinajstić information content (AvgIpc) is 3.36. The van der Waals surface area contributed by atoms with Crippen LogP contribution in [-0.2, 0) is 28.6 Å². The number of ether oxygens (including phenoxy) is 3. The summed E-state index contributed by atoms with van der Waals surface area (Å²) in [6.45, 7) is 6.57. The fraction of sp³-hybridized carbons (Fsp3) is 0.797. The Balaban J connectivity index is 4.32. The van der Waals surface area contributed by atoms with Crippen LogP contribution in [0.3, 0.4) is 0 Å². The van der Waals surface area contributed by atoms with Gasteiger partial charge < -0.3 is 14.2 Å². The Morgan fingerprint density at radius 2 is 0.543 bits per heavy atom. The molecule has 0 aromatic heterocycles. The van der Waals surface area contributed by atoms with Crippen molar-refractivity contribution >= 4 is 17.9 Å². The van der Waals surface area contributed by atoms with Crippen molar-refractivity contribution in [1.82, 2.24) is 0 Å². The lowest BCUT2D eigenvalue weighted by atomic mass is 10.0. The smallest absolute Gasteiger partial charge is 0.306 e. The van der Waals surface area contributed by atoms with Gasteiger partial charge in [-0.15, -0.1) is 0 Å². The first-order valence-corrected chi connectivity index (χ1v) is 30.3. The van der Waals surface area contributed by atoms with Gasteiger partial charge >= 0.3 is 17.9 Å². The molecule has 6 heteroatoms. The first kappa shape index (κ1) is 67.1. The molecule has 0 radical (unpaired) electrons. The largest absolute Gasteiger partial charge is 0.462 e. The molecule has 0 N–H and O–H groups in total. The van der Waals surface area contributed by atoms with Crippen LogP contribution in [0, 0.1) is 0 Å². The molecule has 1 unspecified atom stereocenters. The van der Waals surface area contributed by atoms with E-state index in [1.54, 1.807) is 0 Å².